The second-order valence-electron chi connectivity index (χ2n) is 7.80. The van der Waals surface area contributed by atoms with Crippen LogP contribution in [0.2, 0.25) is 0 Å². The summed E-state index contributed by atoms with van der Waals surface area (Å²) in [5, 5.41) is 10.3. The Morgan fingerprint density at radius 1 is 1.28 bits per heavy atom. The fourth-order valence-electron chi connectivity index (χ4n) is 4.46. The number of fused-ring (bicyclic) bond motifs is 4. The highest BCUT2D eigenvalue weighted by Gasteiger charge is 2.37. The highest BCUT2D eigenvalue weighted by Crippen LogP contribution is 2.48. The predicted molar refractivity (Wildman–Crippen MR) is 103 cm³/mol. The normalized spacial score (nSPS) is 22.4. The molecule has 0 spiro atoms. The molecular weight excluding hydrogens is 330 g/mol. The number of aromatic hydroxyl groups is 1. The molecule has 0 saturated carbocycles. The molecule has 0 radical (unpaired) electrons. The summed E-state index contributed by atoms with van der Waals surface area (Å²) in [6.45, 7) is 7.99. The third-order valence-electron chi connectivity index (χ3n) is 5.67. The van der Waals surface area contributed by atoms with Crippen LogP contribution in [0.1, 0.15) is 59.3 Å². The molecule has 2 atom stereocenters. The number of hydrogen-bond donors (Lipinski definition) is 1. The zero-order chi connectivity index (χ0) is 17.7. The van der Waals surface area contributed by atoms with Crippen LogP contribution in [0.5, 0.6) is 11.5 Å². The number of hydrogen-bond acceptors (Lipinski definition) is 4. The number of phenols is 1. The molecule has 2 aliphatic heterocycles. The van der Waals surface area contributed by atoms with Crippen molar-refractivity contribution >= 4 is 11.3 Å². The Labute approximate surface area is 154 Å². The molecule has 0 unspecified atom stereocenters. The third-order valence-corrected chi connectivity index (χ3v) is 6.86. The lowest BCUT2D eigenvalue weighted by molar-refractivity contribution is 0.119. The van der Waals surface area contributed by atoms with Crippen LogP contribution in [0.3, 0.4) is 0 Å². The molecule has 2 aromatic rings. The number of ether oxygens (including phenoxy) is 1. The van der Waals surface area contributed by atoms with Gasteiger partial charge in [-0.3, -0.25) is 4.90 Å². The van der Waals surface area contributed by atoms with E-state index in [4.69, 9.17) is 4.74 Å². The molecule has 1 aromatic carbocycles. The fourth-order valence-corrected chi connectivity index (χ4v) is 5.97. The van der Waals surface area contributed by atoms with Crippen molar-refractivity contribution in [1.29, 1.82) is 0 Å². The Morgan fingerprint density at radius 3 is 2.80 bits per heavy atom. The first-order chi connectivity index (χ1) is 12.0. The van der Waals surface area contributed by atoms with E-state index in [2.05, 4.69) is 31.7 Å². The second-order valence-corrected chi connectivity index (χ2v) is 9.02. The van der Waals surface area contributed by atoms with Crippen molar-refractivity contribution < 1.29 is 9.84 Å². The van der Waals surface area contributed by atoms with Gasteiger partial charge in [0, 0.05) is 34.8 Å². The number of benzene rings is 1. The molecule has 134 valence electrons. The minimum atomic E-state index is 0.258. The van der Waals surface area contributed by atoms with Crippen LogP contribution in [-0.2, 0) is 19.3 Å². The summed E-state index contributed by atoms with van der Waals surface area (Å²) >= 11 is 2.00. The van der Waals surface area contributed by atoms with Gasteiger partial charge >= 0.3 is 0 Å². The van der Waals surface area contributed by atoms with E-state index < -0.39 is 0 Å². The quantitative estimate of drug-likeness (QED) is 0.850. The molecule has 0 amide bonds. The number of rotatable bonds is 3. The van der Waals surface area contributed by atoms with Gasteiger partial charge in [0.25, 0.3) is 0 Å². The van der Waals surface area contributed by atoms with Gasteiger partial charge in [0.05, 0.1) is 7.11 Å². The molecule has 25 heavy (non-hydrogen) atoms. The van der Waals surface area contributed by atoms with Gasteiger partial charge < -0.3 is 9.84 Å². The molecule has 1 N–H and O–H groups in total. The Bertz CT molecular complexity index is 795. The van der Waals surface area contributed by atoms with Gasteiger partial charge in [0.15, 0.2) is 11.5 Å². The van der Waals surface area contributed by atoms with Crippen LogP contribution in [-0.4, -0.2) is 23.7 Å². The van der Waals surface area contributed by atoms with Crippen LogP contribution < -0.4 is 4.74 Å². The topological polar surface area (TPSA) is 32.7 Å². The Hall–Kier alpha value is -1.52. The van der Waals surface area contributed by atoms with E-state index in [0.717, 1.165) is 19.4 Å². The Morgan fingerprint density at radius 2 is 2.08 bits per heavy atom. The van der Waals surface area contributed by atoms with E-state index in [9.17, 15) is 5.11 Å². The lowest BCUT2D eigenvalue weighted by Crippen LogP contribution is -2.41. The zero-order valence-corrected chi connectivity index (χ0v) is 16.3. The van der Waals surface area contributed by atoms with Gasteiger partial charge in [-0.15, -0.1) is 11.3 Å². The van der Waals surface area contributed by atoms with Crippen LogP contribution >= 0.6 is 11.3 Å². The third kappa shape index (κ3) is 2.85. The van der Waals surface area contributed by atoms with E-state index in [1.807, 2.05) is 23.5 Å². The minimum Gasteiger partial charge on any atom is -0.504 e. The van der Waals surface area contributed by atoms with Crippen molar-refractivity contribution in [3.05, 3.63) is 44.6 Å². The maximum absolute atomic E-state index is 10.3. The summed E-state index contributed by atoms with van der Waals surface area (Å²) in [4.78, 5) is 5.67. The highest BCUT2D eigenvalue weighted by atomic mass is 32.1. The molecule has 0 aliphatic carbocycles. The maximum atomic E-state index is 10.3. The Kier molecular flexibility index (Phi) is 4.28. The van der Waals surface area contributed by atoms with E-state index >= 15 is 0 Å². The van der Waals surface area contributed by atoms with Crippen molar-refractivity contribution in [3.63, 3.8) is 0 Å². The molecule has 4 rings (SSSR count). The molecule has 0 bridgehead atoms. The summed E-state index contributed by atoms with van der Waals surface area (Å²) in [6.07, 6.45) is 3.25. The summed E-state index contributed by atoms with van der Waals surface area (Å²) < 4.78 is 5.30. The standard InChI is InChI=1S/C21H27NO2S/c1-12(2)7-15-9-16-13(3)22-6-5-14-8-20(24-4)19(23)10-17(14)18(22)11-21(16)25-15/h8-10,12-13,18,23H,5-7,11H2,1-4H3/t13-,18-/m0/s1. The maximum Gasteiger partial charge on any atom is 0.160 e. The summed E-state index contributed by atoms with van der Waals surface area (Å²) in [7, 11) is 1.62. The van der Waals surface area contributed by atoms with Crippen molar-refractivity contribution in [1.82, 2.24) is 4.90 Å². The van der Waals surface area contributed by atoms with Gasteiger partial charge in [-0.1, -0.05) is 13.8 Å². The smallest absolute Gasteiger partial charge is 0.160 e. The van der Waals surface area contributed by atoms with Gasteiger partial charge in [-0.25, -0.2) is 0 Å². The van der Waals surface area contributed by atoms with Crippen LogP contribution in [0.4, 0.5) is 0 Å². The molecule has 0 fully saturated rings. The number of methoxy groups -OCH3 is 1. The first-order valence-corrected chi connectivity index (χ1v) is 10.1. The molecule has 3 heterocycles. The van der Waals surface area contributed by atoms with Crippen molar-refractivity contribution in [2.75, 3.05) is 13.7 Å². The van der Waals surface area contributed by atoms with Gasteiger partial charge in [-0.2, -0.15) is 0 Å². The first-order valence-electron chi connectivity index (χ1n) is 9.25. The Balaban J connectivity index is 1.72. The molecule has 2 aliphatic rings. The van der Waals surface area contributed by atoms with E-state index in [0.29, 0.717) is 23.8 Å². The second kappa shape index (κ2) is 6.33. The van der Waals surface area contributed by atoms with E-state index in [1.165, 1.54) is 32.9 Å². The van der Waals surface area contributed by atoms with Crippen molar-refractivity contribution in [3.8, 4) is 11.5 Å². The number of thiophene rings is 1. The summed E-state index contributed by atoms with van der Waals surface area (Å²) in [6, 6.07) is 7.23. The largest absolute Gasteiger partial charge is 0.504 e. The SMILES string of the molecule is COc1cc2c(cc1O)[C@@H]1Cc3sc(CC(C)C)cc3[C@H](C)N1CC2. The number of phenolic OH excluding ortho intramolecular Hbond substituents is 1. The molecule has 1 aromatic heterocycles. The zero-order valence-electron chi connectivity index (χ0n) is 15.5. The average molecular weight is 358 g/mol. The molecule has 4 heteroatoms. The predicted octanol–water partition coefficient (Wildman–Crippen LogP) is 4.88. The van der Waals surface area contributed by atoms with E-state index in [-0.39, 0.29) is 5.75 Å². The van der Waals surface area contributed by atoms with Crippen LogP contribution in [0, 0.1) is 5.92 Å². The number of nitrogens with zero attached hydrogens (tertiary/aromatic N) is 1. The molecule has 3 nitrogen and oxygen atoms in total. The first kappa shape index (κ1) is 16.9. The van der Waals surface area contributed by atoms with Gasteiger partial charge in [-0.05, 0) is 60.6 Å². The lowest BCUT2D eigenvalue weighted by atomic mass is 9.84. The van der Waals surface area contributed by atoms with Crippen molar-refractivity contribution in [2.45, 2.75) is 52.1 Å². The summed E-state index contributed by atoms with van der Waals surface area (Å²) in [5.74, 6) is 1.54. The minimum absolute atomic E-state index is 0.258. The molecular formula is C21H27NO2S. The fraction of sp³-hybridized carbons (Fsp3) is 0.524. The molecule has 0 saturated heterocycles. The monoisotopic (exact) mass is 357 g/mol. The average Bonchev–Trinajstić information content (AvgIpc) is 2.96. The lowest BCUT2D eigenvalue weighted by Gasteiger charge is -2.44. The van der Waals surface area contributed by atoms with Crippen LogP contribution in [0.25, 0.3) is 0 Å². The highest BCUT2D eigenvalue weighted by molar-refractivity contribution is 7.12. The van der Waals surface area contributed by atoms with Crippen molar-refractivity contribution in [2.24, 2.45) is 5.92 Å². The van der Waals surface area contributed by atoms with Crippen LogP contribution in [0.15, 0.2) is 18.2 Å². The summed E-state index contributed by atoms with van der Waals surface area (Å²) in [5.41, 5.74) is 4.13. The van der Waals surface area contributed by atoms with E-state index in [1.54, 1.807) is 7.11 Å². The van der Waals surface area contributed by atoms with Gasteiger partial charge in [0.1, 0.15) is 0 Å². The van der Waals surface area contributed by atoms with Gasteiger partial charge in [0.2, 0.25) is 0 Å².